The maximum absolute atomic E-state index is 11.5. The van der Waals surface area contributed by atoms with Crippen LogP contribution >= 0.6 is 0 Å². The van der Waals surface area contributed by atoms with Crippen LogP contribution in [-0.2, 0) is 17.6 Å². The Kier molecular flexibility index (Phi) is 4.44. The van der Waals surface area contributed by atoms with Crippen molar-refractivity contribution in [1.29, 1.82) is 0 Å². The third kappa shape index (κ3) is 3.74. The Morgan fingerprint density at radius 1 is 1.32 bits per heavy atom. The van der Waals surface area contributed by atoms with Crippen LogP contribution in [0, 0.1) is 6.92 Å². The van der Waals surface area contributed by atoms with Gasteiger partial charge in [0.2, 0.25) is 5.89 Å². The fraction of sp³-hybridized carbons (Fsp3) is 0.400. The van der Waals surface area contributed by atoms with Crippen molar-refractivity contribution in [1.82, 2.24) is 10.1 Å². The fourth-order valence-electron chi connectivity index (χ4n) is 1.95. The summed E-state index contributed by atoms with van der Waals surface area (Å²) in [4.78, 5) is 15.8. The zero-order valence-electron chi connectivity index (χ0n) is 11.3. The summed E-state index contributed by atoms with van der Waals surface area (Å²) < 4.78 is 5.11. The minimum absolute atomic E-state index is 0.147. The normalized spacial score (nSPS) is 10.6. The molecule has 0 saturated carbocycles. The monoisotopic (exact) mass is 258 g/mol. The van der Waals surface area contributed by atoms with Gasteiger partial charge in [-0.2, -0.15) is 4.98 Å². The minimum Gasteiger partial charge on any atom is -0.339 e. The van der Waals surface area contributed by atoms with Crippen LogP contribution in [0.3, 0.4) is 0 Å². The molecule has 0 aliphatic carbocycles. The number of hydrogen-bond donors (Lipinski definition) is 0. The molecule has 1 aromatic carbocycles. The summed E-state index contributed by atoms with van der Waals surface area (Å²) in [5.41, 5.74) is 2.38. The molecule has 0 bridgehead atoms. The maximum Gasteiger partial charge on any atom is 0.234 e. The topological polar surface area (TPSA) is 56.0 Å². The molecule has 2 rings (SSSR count). The smallest absolute Gasteiger partial charge is 0.234 e. The number of aryl methyl sites for hydroxylation is 1. The number of benzene rings is 1. The van der Waals surface area contributed by atoms with Crippen molar-refractivity contribution in [2.75, 3.05) is 0 Å². The molecule has 19 heavy (non-hydrogen) atoms. The van der Waals surface area contributed by atoms with E-state index in [2.05, 4.69) is 23.1 Å². The van der Waals surface area contributed by atoms with E-state index < -0.39 is 0 Å². The van der Waals surface area contributed by atoms with Gasteiger partial charge in [0, 0.05) is 12.8 Å². The number of carbonyl (C=O) groups is 1. The van der Waals surface area contributed by atoms with Crippen molar-refractivity contribution in [2.24, 2.45) is 0 Å². The van der Waals surface area contributed by atoms with E-state index in [9.17, 15) is 4.79 Å². The van der Waals surface area contributed by atoms with Crippen LogP contribution in [0.4, 0.5) is 0 Å². The van der Waals surface area contributed by atoms with Gasteiger partial charge in [0.05, 0.1) is 6.42 Å². The second kappa shape index (κ2) is 6.27. The first-order chi connectivity index (χ1) is 9.19. The van der Waals surface area contributed by atoms with Gasteiger partial charge in [-0.1, -0.05) is 36.3 Å². The summed E-state index contributed by atoms with van der Waals surface area (Å²) >= 11 is 0. The van der Waals surface area contributed by atoms with Gasteiger partial charge in [0.25, 0.3) is 0 Å². The highest BCUT2D eigenvalue weighted by Crippen LogP contribution is 2.12. The van der Waals surface area contributed by atoms with E-state index >= 15 is 0 Å². The molecular weight excluding hydrogens is 240 g/mol. The highest BCUT2D eigenvalue weighted by Gasteiger charge is 2.11. The van der Waals surface area contributed by atoms with E-state index in [1.54, 1.807) is 0 Å². The van der Waals surface area contributed by atoms with Gasteiger partial charge in [-0.25, -0.2) is 0 Å². The van der Waals surface area contributed by atoms with Crippen molar-refractivity contribution in [2.45, 2.75) is 39.5 Å². The van der Waals surface area contributed by atoms with Crippen LogP contribution in [0.1, 0.15) is 42.6 Å². The van der Waals surface area contributed by atoms with Gasteiger partial charge in [0.15, 0.2) is 5.82 Å². The van der Waals surface area contributed by atoms with Gasteiger partial charge in [-0.05, 0) is 24.5 Å². The predicted octanol–water partition coefficient (Wildman–Crippen LogP) is 2.88. The number of ketones is 1. The molecule has 0 unspecified atom stereocenters. The van der Waals surface area contributed by atoms with E-state index in [1.807, 2.05) is 25.1 Å². The standard InChI is InChI=1S/C15H18N2O2/c1-3-6-13(18)10-15-16-14(17-19-15)9-12-8-5-4-7-11(12)2/h4-5,7-8H,3,6,9-10H2,1-2H3. The number of carbonyl (C=O) groups excluding carboxylic acids is 1. The van der Waals surface area contributed by atoms with E-state index in [0.717, 1.165) is 6.42 Å². The highest BCUT2D eigenvalue weighted by molar-refractivity contribution is 5.79. The first kappa shape index (κ1) is 13.5. The minimum atomic E-state index is 0.147. The van der Waals surface area contributed by atoms with Crippen molar-refractivity contribution in [3.05, 3.63) is 47.1 Å². The van der Waals surface area contributed by atoms with Crippen LogP contribution in [0.25, 0.3) is 0 Å². The van der Waals surface area contributed by atoms with Crippen molar-refractivity contribution in [3.63, 3.8) is 0 Å². The van der Waals surface area contributed by atoms with Gasteiger partial charge < -0.3 is 4.52 Å². The Bertz CT molecular complexity index is 561. The summed E-state index contributed by atoms with van der Waals surface area (Å²) in [6.07, 6.45) is 2.30. The molecule has 0 fully saturated rings. The molecule has 0 radical (unpaired) electrons. The molecule has 0 saturated heterocycles. The Morgan fingerprint density at radius 2 is 2.11 bits per heavy atom. The lowest BCUT2D eigenvalue weighted by Gasteiger charge is -2.00. The number of aromatic nitrogens is 2. The largest absolute Gasteiger partial charge is 0.339 e. The summed E-state index contributed by atoms with van der Waals surface area (Å²) in [6.45, 7) is 4.04. The SMILES string of the molecule is CCCC(=O)Cc1nc(Cc2ccccc2C)no1. The second-order valence-corrected chi connectivity index (χ2v) is 4.67. The number of hydrogen-bond acceptors (Lipinski definition) is 4. The van der Waals surface area contributed by atoms with Crippen molar-refractivity contribution >= 4 is 5.78 Å². The lowest BCUT2D eigenvalue weighted by Crippen LogP contribution is -2.02. The molecule has 2 aromatic rings. The lowest BCUT2D eigenvalue weighted by molar-refractivity contribution is -0.118. The van der Waals surface area contributed by atoms with E-state index in [4.69, 9.17) is 4.52 Å². The van der Waals surface area contributed by atoms with Crippen LogP contribution < -0.4 is 0 Å². The second-order valence-electron chi connectivity index (χ2n) is 4.67. The third-order valence-corrected chi connectivity index (χ3v) is 3.00. The maximum atomic E-state index is 11.5. The molecule has 4 nitrogen and oxygen atoms in total. The van der Waals surface area contributed by atoms with E-state index in [0.29, 0.717) is 24.6 Å². The Balaban J connectivity index is 2.02. The summed E-state index contributed by atoms with van der Waals surface area (Å²) in [5.74, 6) is 1.20. The quantitative estimate of drug-likeness (QED) is 0.799. The summed E-state index contributed by atoms with van der Waals surface area (Å²) in [5, 5.41) is 3.93. The first-order valence-corrected chi connectivity index (χ1v) is 6.56. The van der Waals surface area contributed by atoms with Crippen LogP contribution in [0.5, 0.6) is 0 Å². The average molecular weight is 258 g/mol. The third-order valence-electron chi connectivity index (χ3n) is 3.00. The Labute approximate surface area is 112 Å². The molecule has 0 aliphatic rings. The molecule has 0 amide bonds. The van der Waals surface area contributed by atoms with Crippen LogP contribution in [0.2, 0.25) is 0 Å². The molecule has 0 aliphatic heterocycles. The first-order valence-electron chi connectivity index (χ1n) is 6.56. The molecule has 0 N–H and O–H groups in total. The molecular formula is C15H18N2O2. The van der Waals surface area contributed by atoms with Gasteiger partial charge >= 0.3 is 0 Å². The molecule has 4 heteroatoms. The number of Topliss-reactive ketones (excluding diaryl/α,β-unsaturated/α-hetero) is 1. The highest BCUT2D eigenvalue weighted by atomic mass is 16.5. The Hall–Kier alpha value is -1.97. The zero-order chi connectivity index (χ0) is 13.7. The van der Waals surface area contributed by atoms with Gasteiger partial charge in [0.1, 0.15) is 5.78 Å². The van der Waals surface area contributed by atoms with E-state index in [-0.39, 0.29) is 12.2 Å². The van der Waals surface area contributed by atoms with Crippen LogP contribution in [0.15, 0.2) is 28.8 Å². The predicted molar refractivity (Wildman–Crippen MR) is 71.9 cm³/mol. The van der Waals surface area contributed by atoms with Crippen molar-refractivity contribution < 1.29 is 9.32 Å². The molecule has 100 valence electrons. The molecule has 0 spiro atoms. The molecule has 0 atom stereocenters. The summed E-state index contributed by atoms with van der Waals surface area (Å²) in [7, 11) is 0. The summed E-state index contributed by atoms with van der Waals surface area (Å²) in [6, 6.07) is 8.10. The molecule has 1 aromatic heterocycles. The fourth-order valence-corrected chi connectivity index (χ4v) is 1.95. The number of nitrogens with zero attached hydrogens (tertiary/aromatic N) is 2. The van der Waals surface area contributed by atoms with Gasteiger partial charge in [-0.15, -0.1) is 0 Å². The van der Waals surface area contributed by atoms with Crippen LogP contribution in [-0.4, -0.2) is 15.9 Å². The Morgan fingerprint density at radius 3 is 2.84 bits per heavy atom. The zero-order valence-corrected chi connectivity index (χ0v) is 11.3. The average Bonchev–Trinajstić information content (AvgIpc) is 2.80. The number of rotatable bonds is 6. The van der Waals surface area contributed by atoms with Crippen molar-refractivity contribution in [3.8, 4) is 0 Å². The lowest BCUT2D eigenvalue weighted by atomic mass is 10.1. The van der Waals surface area contributed by atoms with Gasteiger partial charge in [-0.3, -0.25) is 4.79 Å². The van der Waals surface area contributed by atoms with E-state index in [1.165, 1.54) is 11.1 Å². The molecule has 1 heterocycles.